The fourth-order valence-electron chi connectivity index (χ4n) is 2.76. The van der Waals surface area contributed by atoms with E-state index in [9.17, 15) is 9.90 Å². The number of nitrogens with one attached hydrogen (secondary N) is 1. The van der Waals surface area contributed by atoms with Crippen molar-refractivity contribution in [1.82, 2.24) is 0 Å². The standard InChI is InChI=1S/C22H21NO3/c1-15-12-17(8-10-20(15)24)14-18-9-11-21(16(2)13-18)26-22(25)23-19-6-4-3-5-7-19/h3-13,24H,14H2,1-2H3,(H,23,25). The number of hydrogen-bond donors (Lipinski definition) is 2. The second kappa shape index (κ2) is 7.74. The van der Waals surface area contributed by atoms with Crippen LogP contribution in [0, 0.1) is 13.8 Å². The minimum absolute atomic E-state index is 0.304. The SMILES string of the molecule is Cc1cc(Cc2ccc(OC(=O)Nc3ccccc3)c(C)c2)ccc1O. The fraction of sp³-hybridized carbons (Fsp3) is 0.136. The number of phenols is 1. The fourth-order valence-corrected chi connectivity index (χ4v) is 2.76. The van der Waals surface area contributed by atoms with Crippen LogP contribution < -0.4 is 10.1 Å². The Morgan fingerprint density at radius 1 is 0.923 bits per heavy atom. The van der Waals surface area contributed by atoms with E-state index in [0.717, 1.165) is 28.7 Å². The Morgan fingerprint density at radius 2 is 1.58 bits per heavy atom. The van der Waals surface area contributed by atoms with Crippen LogP contribution in [-0.4, -0.2) is 11.2 Å². The highest BCUT2D eigenvalue weighted by Gasteiger charge is 2.09. The first-order valence-electron chi connectivity index (χ1n) is 8.43. The molecular formula is C22H21NO3. The number of para-hydroxylation sites is 1. The Kier molecular flexibility index (Phi) is 5.23. The summed E-state index contributed by atoms with van der Waals surface area (Å²) >= 11 is 0. The monoisotopic (exact) mass is 347 g/mol. The predicted octanol–water partition coefficient (Wildman–Crippen LogP) is 5.21. The van der Waals surface area contributed by atoms with Gasteiger partial charge >= 0.3 is 6.09 Å². The Morgan fingerprint density at radius 3 is 2.23 bits per heavy atom. The highest BCUT2D eigenvalue weighted by Crippen LogP contribution is 2.23. The number of carbonyl (C=O) groups is 1. The molecule has 3 rings (SSSR count). The van der Waals surface area contributed by atoms with Crippen LogP contribution in [0.25, 0.3) is 0 Å². The molecule has 26 heavy (non-hydrogen) atoms. The van der Waals surface area contributed by atoms with Gasteiger partial charge in [0.05, 0.1) is 0 Å². The predicted molar refractivity (Wildman–Crippen MR) is 103 cm³/mol. The lowest BCUT2D eigenvalue weighted by atomic mass is 10.0. The average molecular weight is 347 g/mol. The van der Waals surface area contributed by atoms with Crippen molar-refractivity contribution in [3.8, 4) is 11.5 Å². The van der Waals surface area contributed by atoms with Gasteiger partial charge in [0.25, 0.3) is 0 Å². The molecule has 0 aliphatic heterocycles. The van der Waals surface area contributed by atoms with Crippen LogP contribution in [0.1, 0.15) is 22.3 Å². The summed E-state index contributed by atoms with van der Waals surface area (Å²) in [5.41, 5.74) is 4.67. The first kappa shape index (κ1) is 17.5. The Bertz CT molecular complexity index is 920. The molecule has 132 valence electrons. The van der Waals surface area contributed by atoms with Crippen molar-refractivity contribution in [2.24, 2.45) is 0 Å². The lowest BCUT2D eigenvalue weighted by Gasteiger charge is -2.11. The summed E-state index contributed by atoms with van der Waals surface area (Å²) in [5, 5.41) is 12.3. The molecule has 0 spiro atoms. The first-order chi connectivity index (χ1) is 12.5. The van der Waals surface area contributed by atoms with Gasteiger partial charge in [0.1, 0.15) is 11.5 Å². The molecule has 1 amide bonds. The molecule has 4 heteroatoms. The molecule has 0 bridgehead atoms. The minimum atomic E-state index is -0.513. The second-order valence-corrected chi connectivity index (χ2v) is 6.28. The topological polar surface area (TPSA) is 58.6 Å². The molecule has 0 fully saturated rings. The van der Waals surface area contributed by atoms with Crippen LogP contribution in [0.2, 0.25) is 0 Å². The smallest absolute Gasteiger partial charge is 0.417 e. The van der Waals surface area contributed by atoms with Crippen molar-refractivity contribution in [3.63, 3.8) is 0 Å². The number of ether oxygens (including phenoxy) is 1. The molecule has 0 aromatic heterocycles. The number of anilines is 1. The first-order valence-corrected chi connectivity index (χ1v) is 8.43. The van der Waals surface area contributed by atoms with Gasteiger partial charge in [0, 0.05) is 5.69 Å². The van der Waals surface area contributed by atoms with Gasteiger partial charge in [-0.1, -0.05) is 42.5 Å². The van der Waals surface area contributed by atoms with Gasteiger partial charge in [0.15, 0.2) is 0 Å². The summed E-state index contributed by atoms with van der Waals surface area (Å²) in [4.78, 5) is 12.0. The van der Waals surface area contributed by atoms with Crippen molar-refractivity contribution in [2.45, 2.75) is 20.3 Å². The third-order valence-corrected chi connectivity index (χ3v) is 4.13. The molecule has 0 saturated carbocycles. The summed E-state index contributed by atoms with van der Waals surface area (Å²) in [6, 6.07) is 20.5. The zero-order valence-electron chi connectivity index (χ0n) is 14.8. The van der Waals surface area contributed by atoms with Gasteiger partial charge < -0.3 is 9.84 Å². The maximum Gasteiger partial charge on any atom is 0.417 e. The van der Waals surface area contributed by atoms with Gasteiger partial charge in [-0.05, 0) is 66.8 Å². The number of benzene rings is 3. The molecule has 2 N–H and O–H groups in total. The zero-order valence-corrected chi connectivity index (χ0v) is 14.8. The van der Waals surface area contributed by atoms with E-state index in [1.165, 1.54) is 0 Å². The van der Waals surface area contributed by atoms with Crippen LogP contribution in [0.4, 0.5) is 10.5 Å². The van der Waals surface area contributed by atoms with Gasteiger partial charge in [0.2, 0.25) is 0 Å². The third kappa shape index (κ3) is 4.42. The van der Waals surface area contributed by atoms with E-state index in [1.807, 2.05) is 62.4 Å². The van der Waals surface area contributed by atoms with Crippen LogP contribution >= 0.6 is 0 Å². The third-order valence-electron chi connectivity index (χ3n) is 4.13. The summed E-state index contributed by atoms with van der Waals surface area (Å²) in [5.74, 6) is 0.835. The number of hydrogen-bond acceptors (Lipinski definition) is 3. The van der Waals surface area contributed by atoms with E-state index < -0.39 is 6.09 Å². The van der Waals surface area contributed by atoms with Gasteiger partial charge in [-0.25, -0.2) is 4.79 Å². The normalized spacial score (nSPS) is 10.4. The lowest BCUT2D eigenvalue weighted by molar-refractivity contribution is 0.215. The molecule has 3 aromatic carbocycles. The van der Waals surface area contributed by atoms with Crippen LogP contribution in [0.5, 0.6) is 11.5 Å². The zero-order chi connectivity index (χ0) is 18.5. The van der Waals surface area contributed by atoms with Crippen molar-refractivity contribution in [3.05, 3.63) is 89.0 Å². The quantitative estimate of drug-likeness (QED) is 0.681. The molecule has 4 nitrogen and oxygen atoms in total. The van der Waals surface area contributed by atoms with Crippen molar-refractivity contribution >= 4 is 11.8 Å². The number of aryl methyl sites for hydroxylation is 2. The van der Waals surface area contributed by atoms with E-state index in [-0.39, 0.29) is 0 Å². The average Bonchev–Trinajstić information content (AvgIpc) is 2.61. The molecule has 0 heterocycles. The molecular weight excluding hydrogens is 326 g/mol. The summed E-state index contributed by atoms with van der Waals surface area (Å²) in [7, 11) is 0. The van der Waals surface area contributed by atoms with Crippen LogP contribution in [0.15, 0.2) is 66.7 Å². The largest absolute Gasteiger partial charge is 0.508 e. The maximum absolute atomic E-state index is 12.0. The van der Waals surface area contributed by atoms with Crippen LogP contribution in [-0.2, 0) is 6.42 Å². The Labute approximate surface area is 153 Å². The highest BCUT2D eigenvalue weighted by atomic mass is 16.6. The van der Waals surface area contributed by atoms with E-state index in [4.69, 9.17) is 4.74 Å². The molecule has 0 aliphatic rings. The molecule has 0 unspecified atom stereocenters. The highest BCUT2D eigenvalue weighted by molar-refractivity contribution is 5.86. The Balaban J connectivity index is 1.67. The molecule has 0 saturated heterocycles. The van der Waals surface area contributed by atoms with Crippen LogP contribution in [0.3, 0.4) is 0 Å². The summed E-state index contributed by atoms with van der Waals surface area (Å²) < 4.78 is 5.41. The number of aromatic hydroxyl groups is 1. The number of phenolic OH excluding ortho intramolecular Hbond substituents is 1. The minimum Gasteiger partial charge on any atom is -0.508 e. The summed E-state index contributed by atoms with van der Waals surface area (Å²) in [6.45, 7) is 3.79. The second-order valence-electron chi connectivity index (χ2n) is 6.28. The summed E-state index contributed by atoms with van der Waals surface area (Å²) in [6.07, 6.45) is 0.236. The van der Waals surface area contributed by atoms with Gasteiger partial charge in [-0.15, -0.1) is 0 Å². The van der Waals surface area contributed by atoms with Gasteiger partial charge in [-0.2, -0.15) is 0 Å². The van der Waals surface area contributed by atoms with E-state index >= 15 is 0 Å². The number of rotatable bonds is 4. The molecule has 0 atom stereocenters. The van der Waals surface area contributed by atoms with E-state index in [2.05, 4.69) is 5.32 Å². The lowest BCUT2D eigenvalue weighted by Crippen LogP contribution is -2.17. The van der Waals surface area contributed by atoms with E-state index in [1.54, 1.807) is 18.2 Å². The van der Waals surface area contributed by atoms with Crippen molar-refractivity contribution in [1.29, 1.82) is 0 Å². The van der Waals surface area contributed by atoms with Crippen molar-refractivity contribution < 1.29 is 14.6 Å². The van der Waals surface area contributed by atoms with Gasteiger partial charge in [-0.3, -0.25) is 5.32 Å². The molecule has 0 radical (unpaired) electrons. The van der Waals surface area contributed by atoms with E-state index in [0.29, 0.717) is 17.2 Å². The molecule has 0 aliphatic carbocycles. The number of amides is 1. The van der Waals surface area contributed by atoms with Crippen molar-refractivity contribution in [2.75, 3.05) is 5.32 Å². The molecule has 3 aromatic rings. The maximum atomic E-state index is 12.0. The number of carbonyl (C=O) groups excluding carboxylic acids is 1. The Hall–Kier alpha value is -3.27.